The second-order valence-corrected chi connectivity index (χ2v) is 4.68. The molecule has 2 atom stereocenters. The van der Waals surface area contributed by atoms with Gasteiger partial charge in [-0.1, -0.05) is 44.0 Å². The zero-order valence-corrected chi connectivity index (χ0v) is 10.4. The van der Waals surface area contributed by atoms with Gasteiger partial charge < -0.3 is 5.11 Å². The van der Waals surface area contributed by atoms with Crippen molar-refractivity contribution in [2.45, 2.75) is 39.7 Å². The number of rotatable bonds is 4. The maximum Gasteiger partial charge on any atom is 0.0793 e. The van der Waals surface area contributed by atoms with Gasteiger partial charge in [0.15, 0.2) is 0 Å². The molecule has 84 valence electrons. The monoisotopic (exact) mass is 226 g/mol. The Morgan fingerprint density at radius 3 is 2.60 bits per heavy atom. The summed E-state index contributed by atoms with van der Waals surface area (Å²) in [5, 5.41) is 10.7. The molecule has 0 aromatic heterocycles. The average Bonchev–Trinajstić information content (AvgIpc) is 2.21. The van der Waals surface area contributed by atoms with E-state index in [-0.39, 0.29) is 0 Å². The van der Waals surface area contributed by atoms with Crippen molar-refractivity contribution in [1.29, 1.82) is 0 Å². The van der Waals surface area contributed by atoms with E-state index < -0.39 is 6.10 Å². The SMILES string of the molecule is CCC(C)CC(O)c1ccc(C)c(Cl)c1. The van der Waals surface area contributed by atoms with Crippen molar-refractivity contribution in [2.24, 2.45) is 5.92 Å². The predicted octanol–water partition coefficient (Wildman–Crippen LogP) is 4.12. The Labute approximate surface area is 97.1 Å². The molecule has 0 saturated carbocycles. The molecule has 0 fully saturated rings. The highest BCUT2D eigenvalue weighted by molar-refractivity contribution is 6.31. The third kappa shape index (κ3) is 3.51. The number of aliphatic hydroxyl groups is 1. The molecule has 0 aliphatic heterocycles. The second kappa shape index (κ2) is 5.53. The Balaban J connectivity index is 2.73. The lowest BCUT2D eigenvalue weighted by Gasteiger charge is -2.15. The fourth-order valence-corrected chi connectivity index (χ4v) is 1.69. The molecular formula is C13H19ClO. The first-order valence-electron chi connectivity index (χ1n) is 5.48. The molecule has 2 unspecified atom stereocenters. The molecule has 0 amide bonds. The van der Waals surface area contributed by atoms with Crippen LogP contribution in [0.4, 0.5) is 0 Å². The zero-order valence-electron chi connectivity index (χ0n) is 9.63. The molecule has 0 radical (unpaired) electrons. The topological polar surface area (TPSA) is 20.2 Å². The van der Waals surface area contributed by atoms with E-state index in [2.05, 4.69) is 13.8 Å². The van der Waals surface area contributed by atoms with Gasteiger partial charge in [0.25, 0.3) is 0 Å². The van der Waals surface area contributed by atoms with Crippen LogP contribution in [0.25, 0.3) is 0 Å². The molecule has 1 nitrogen and oxygen atoms in total. The lowest BCUT2D eigenvalue weighted by Crippen LogP contribution is -2.03. The first-order chi connectivity index (χ1) is 7.04. The predicted molar refractivity (Wildman–Crippen MR) is 65.2 cm³/mol. The largest absolute Gasteiger partial charge is 0.388 e. The van der Waals surface area contributed by atoms with Gasteiger partial charge in [-0.2, -0.15) is 0 Å². The molecule has 0 bridgehead atoms. The van der Waals surface area contributed by atoms with Crippen LogP contribution in [0.2, 0.25) is 5.02 Å². The van der Waals surface area contributed by atoms with Crippen LogP contribution < -0.4 is 0 Å². The highest BCUT2D eigenvalue weighted by atomic mass is 35.5. The first-order valence-corrected chi connectivity index (χ1v) is 5.86. The number of hydrogen-bond donors (Lipinski definition) is 1. The van der Waals surface area contributed by atoms with Crippen LogP contribution in [0.5, 0.6) is 0 Å². The van der Waals surface area contributed by atoms with E-state index in [9.17, 15) is 5.11 Å². The third-order valence-corrected chi connectivity index (χ3v) is 3.31. The molecule has 0 spiro atoms. The number of halogens is 1. The molecular weight excluding hydrogens is 208 g/mol. The summed E-state index contributed by atoms with van der Waals surface area (Å²) in [5.74, 6) is 0.542. The van der Waals surface area contributed by atoms with Crippen molar-refractivity contribution in [3.05, 3.63) is 34.3 Å². The Kier molecular flexibility index (Phi) is 4.62. The van der Waals surface area contributed by atoms with E-state index in [4.69, 9.17) is 11.6 Å². The van der Waals surface area contributed by atoms with Crippen LogP contribution in [-0.4, -0.2) is 5.11 Å². The van der Waals surface area contributed by atoms with Crippen LogP contribution in [-0.2, 0) is 0 Å². The number of aliphatic hydroxyl groups excluding tert-OH is 1. The fourth-order valence-electron chi connectivity index (χ4n) is 1.50. The summed E-state index contributed by atoms with van der Waals surface area (Å²) in [6, 6.07) is 5.77. The van der Waals surface area contributed by atoms with Crippen molar-refractivity contribution in [2.75, 3.05) is 0 Å². The van der Waals surface area contributed by atoms with Crippen molar-refractivity contribution in [3.63, 3.8) is 0 Å². The van der Waals surface area contributed by atoms with E-state index in [0.717, 1.165) is 29.0 Å². The maximum atomic E-state index is 9.98. The second-order valence-electron chi connectivity index (χ2n) is 4.27. The normalized spacial score (nSPS) is 15.0. The van der Waals surface area contributed by atoms with E-state index >= 15 is 0 Å². The Hall–Kier alpha value is -0.530. The van der Waals surface area contributed by atoms with Crippen LogP contribution in [0.1, 0.15) is 43.9 Å². The Bertz CT molecular complexity index is 322. The van der Waals surface area contributed by atoms with Gasteiger partial charge in [-0.15, -0.1) is 0 Å². The van der Waals surface area contributed by atoms with Gasteiger partial charge in [0.2, 0.25) is 0 Å². The number of aryl methyl sites for hydroxylation is 1. The molecule has 0 aliphatic carbocycles. The molecule has 1 rings (SSSR count). The van der Waals surface area contributed by atoms with E-state index in [1.165, 1.54) is 0 Å². The molecule has 0 heterocycles. The third-order valence-electron chi connectivity index (χ3n) is 2.90. The fraction of sp³-hybridized carbons (Fsp3) is 0.538. The van der Waals surface area contributed by atoms with E-state index in [1.807, 2.05) is 25.1 Å². The van der Waals surface area contributed by atoms with E-state index in [0.29, 0.717) is 5.92 Å². The van der Waals surface area contributed by atoms with Crippen molar-refractivity contribution >= 4 is 11.6 Å². The summed E-state index contributed by atoms with van der Waals surface area (Å²) in [7, 11) is 0. The molecule has 1 aromatic rings. The molecule has 1 N–H and O–H groups in total. The summed E-state index contributed by atoms with van der Waals surface area (Å²) in [6.45, 7) is 6.26. The Morgan fingerprint density at radius 1 is 1.40 bits per heavy atom. The van der Waals surface area contributed by atoms with Crippen molar-refractivity contribution in [3.8, 4) is 0 Å². The molecule has 0 saturated heterocycles. The first kappa shape index (κ1) is 12.5. The maximum absolute atomic E-state index is 9.98. The van der Waals surface area contributed by atoms with Crippen LogP contribution >= 0.6 is 11.6 Å². The standard InChI is InChI=1S/C13H19ClO/c1-4-9(2)7-13(15)11-6-5-10(3)12(14)8-11/h5-6,8-9,13,15H,4,7H2,1-3H3. The summed E-state index contributed by atoms with van der Waals surface area (Å²) in [4.78, 5) is 0. The van der Waals surface area contributed by atoms with Gasteiger partial charge in [-0.05, 0) is 36.5 Å². The molecule has 2 heteroatoms. The minimum Gasteiger partial charge on any atom is -0.388 e. The average molecular weight is 227 g/mol. The highest BCUT2D eigenvalue weighted by Gasteiger charge is 2.12. The smallest absolute Gasteiger partial charge is 0.0793 e. The van der Waals surface area contributed by atoms with E-state index in [1.54, 1.807) is 0 Å². The Morgan fingerprint density at radius 2 is 2.07 bits per heavy atom. The summed E-state index contributed by atoms with van der Waals surface area (Å²) < 4.78 is 0. The molecule has 1 aromatic carbocycles. The van der Waals surface area contributed by atoms with Gasteiger partial charge in [-0.25, -0.2) is 0 Å². The lowest BCUT2D eigenvalue weighted by atomic mass is 9.96. The van der Waals surface area contributed by atoms with Gasteiger partial charge >= 0.3 is 0 Å². The van der Waals surface area contributed by atoms with Gasteiger partial charge in [0.05, 0.1) is 6.10 Å². The highest BCUT2D eigenvalue weighted by Crippen LogP contribution is 2.26. The lowest BCUT2D eigenvalue weighted by molar-refractivity contribution is 0.146. The van der Waals surface area contributed by atoms with Gasteiger partial charge in [0.1, 0.15) is 0 Å². The van der Waals surface area contributed by atoms with Crippen LogP contribution in [0.15, 0.2) is 18.2 Å². The minimum absolute atomic E-state index is 0.391. The van der Waals surface area contributed by atoms with Crippen LogP contribution in [0, 0.1) is 12.8 Å². The van der Waals surface area contributed by atoms with Crippen molar-refractivity contribution in [1.82, 2.24) is 0 Å². The molecule has 15 heavy (non-hydrogen) atoms. The summed E-state index contributed by atoms with van der Waals surface area (Å²) >= 11 is 6.02. The summed E-state index contributed by atoms with van der Waals surface area (Å²) in [5.41, 5.74) is 1.97. The van der Waals surface area contributed by atoms with Crippen molar-refractivity contribution < 1.29 is 5.11 Å². The zero-order chi connectivity index (χ0) is 11.4. The minimum atomic E-state index is -0.391. The van der Waals surface area contributed by atoms with Crippen LogP contribution in [0.3, 0.4) is 0 Å². The molecule has 0 aliphatic rings. The number of benzene rings is 1. The van der Waals surface area contributed by atoms with Gasteiger partial charge in [-0.3, -0.25) is 0 Å². The van der Waals surface area contributed by atoms with Gasteiger partial charge in [0, 0.05) is 5.02 Å². The quantitative estimate of drug-likeness (QED) is 0.819. The summed E-state index contributed by atoms with van der Waals surface area (Å²) in [6.07, 6.45) is 1.50. The number of hydrogen-bond acceptors (Lipinski definition) is 1.